The molecule has 12 heteroatoms. The maximum atomic E-state index is 14.0. The molecule has 0 radical (unpaired) electrons. The number of hydrogen-bond acceptors (Lipinski definition) is 6. The summed E-state index contributed by atoms with van der Waals surface area (Å²) in [6.07, 6.45) is 5.16. The van der Waals surface area contributed by atoms with E-state index in [0.717, 1.165) is 32.0 Å². The maximum absolute atomic E-state index is 14.0. The standard InChI is InChI=1S/C23H21Cl2FN6O2S/c24-20-14(5-6-18(21(20)25)35(33,34)31-17-4-2-1-3-16(17)26)15-11-32(13-7-9-28-10-8-13)23-19(15)22(27)29-12-30-23/h1-6,11-13,28,31H,7-10H2,(H2,27,29,30). The number of nitrogens with one attached hydrogen (secondary N) is 2. The minimum Gasteiger partial charge on any atom is -0.383 e. The van der Waals surface area contributed by atoms with Gasteiger partial charge in [0.1, 0.15) is 28.5 Å². The Hall–Kier alpha value is -2.92. The van der Waals surface area contributed by atoms with E-state index in [1.807, 2.05) is 6.20 Å². The molecular weight excluding hydrogens is 514 g/mol. The van der Waals surface area contributed by atoms with Crippen LogP contribution in [0.2, 0.25) is 10.0 Å². The average Bonchev–Trinajstić information content (AvgIpc) is 3.23. The van der Waals surface area contributed by atoms with Crippen molar-refractivity contribution in [1.29, 1.82) is 0 Å². The molecule has 0 unspecified atom stereocenters. The van der Waals surface area contributed by atoms with Gasteiger partial charge in [0.25, 0.3) is 10.0 Å². The van der Waals surface area contributed by atoms with Gasteiger partial charge in [0, 0.05) is 23.4 Å². The summed E-state index contributed by atoms with van der Waals surface area (Å²) in [6.45, 7) is 1.77. The van der Waals surface area contributed by atoms with Gasteiger partial charge in [0.2, 0.25) is 0 Å². The molecule has 0 aliphatic carbocycles. The summed E-state index contributed by atoms with van der Waals surface area (Å²) in [5.74, 6) is -0.432. The fourth-order valence-electron chi connectivity index (χ4n) is 4.37. The Morgan fingerprint density at radius 2 is 1.80 bits per heavy atom. The third-order valence-electron chi connectivity index (χ3n) is 6.09. The van der Waals surface area contributed by atoms with E-state index in [1.54, 1.807) is 6.07 Å². The molecule has 2 aromatic carbocycles. The lowest BCUT2D eigenvalue weighted by atomic mass is 10.1. The minimum absolute atomic E-state index is 0.0238. The van der Waals surface area contributed by atoms with Crippen molar-refractivity contribution in [3.05, 3.63) is 64.8 Å². The fourth-order valence-corrected chi connectivity index (χ4v) is 6.31. The monoisotopic (exact) mass is 534 g/mol. The molecule has 4 N–H and O–H groups in total. The Bertz CT molecular complexity index is 1540. The van der Waals surface area contributed by atoms with Crippen LogP contribution in [-0.2, 0) is 10.0 Å². The van der Waals surface area contributed by atoms with Crippen LogP contribution in [0.1, 0.15) is 18.9 Å². The lowest BCUT2D eigenvalue weighted by Gasteiger charge is -2.24. The zero-order valence-corrected chi connectivity index (χ0v) is 20.6. The van der Waals surface area contributed by atoms with E-state index < -0.39 is 15.8 Å². The third kappa shape index (κ3) is 4.31. The van der Waals surface area contributed by atoms with Crippen LogP contribution < -0.4 is 15.8 Å². The van der Waals surface area contributed by atoms with Crippen molar-refractivity contribution >= 4 is 55.8 Å². The second kappa shape index (κ2) is 9.27. The first-order valence-corrected chi connectivity index (χ1v) is 13.1. The number of piperidine rings is 1. The van der Waals surface area contributed by atoms with Gasteiger partial charge < -0.3 is 15.6 Å². The topological polar surface area (TPSA) is 115 Å². The third-order valence-corrected chi connectivity index (χ3v) is 8.49. The second-order valence-corrected chi connectivity index (χ2v) is 10.6. The van der Waals surface area contributed by atoms with Gasteiger partial charge in [-0.3, -0.25) is 4.72 Å². The van der Waals surface area contributed by atoms with E-state index in [9.17, 15) is 12.8 Å². The molecule has 8 nitrogen and oxygen atoms in total. The fraction of sp³-hybridized carbons (Fsp3) is 0.217. The van der Waals surface area contributed by atoms with E-state index in [2.05, 4.69) is 24.6 Å². The summed E-state index contributed by atoms with van der Waals surface area (Å²) in [6, 6.07) is 8.54. The van der Waals surface area contributed by atoms with Crippen LogP contribution in [0.3, 0.4) is 0 Å². The summed E-state index contributed by atoms with van der Waals surface area (Å²) >= 11 is 13.1. The number of hydrogen-bond donors (Lipinski definition) is 3. The Labute approximate surface area is 211 Å². The lowest BCUT2D eigenvalue weighted by molar-refractivity contribution is 0.375. The van der Waals surface area contributed by atoms with Gasteiger partial charge in [-0.15, -0.1) is 0 Å². The summed E-state index contributed by atoms with van der Waals surface area (Å²) in [5, 5.41) is 3.79. The summed E-state index contributed by atoms with van der Waals surface area (Å²) in [7, 11) is -4.22. The minimum atomic E-state index is -4.22. The van der Waals surface area contributed by atoms with Crippen molar-refractivity contribution in [2.75, 3.05) is 23.5 Å². The number of halogens is 3. The number of fused-ring (bicyclic) bond motifs is 1. The first-order valence-electron chi connectivity index (χ1n) is 10.9. The van der Waals surface area contributed by atoms with Crippen LogP contribution in [0.25, 0.3) is 22.2 Å². The quantitative estimate of drug-likeness (QED) is 0.337. The molecule has 182 valence electrons. The van der Waals surface area contributed by atoms with Gasteiger partial charge in [0.05, 0.1) is 21.1 Å². The summed E-state index contributed by atoms with van der Waals surface area (Å²) in [5.41, 5.74) is 7.84. The second-order valence-electron chi connectivity index (χ2n) is 8.21. The largest absolute Gasteiger partial charge is 0.383 e. The van der Waals surface area contributed by atoms with Crippen LogP contribution in [0, 0.1) is 5.82 Å². The van der Waals surface area contributed by atoms with Crippen molar-refractivity contribution < 1.29 is 12.8 Å². The van der Waals surface area contributed by atoms with Crippen LogP contribution >= 0.6 is 23.2 Å². The summed E-state index contributed by atoms with van der Waals surface area (Å²) < 4.78 is 44.3. The highest BCUT2D eigenvalue weighted by Gasteiger charge is 2.26. The Morgan fingerprint density at radius 1 is 1.06 bits per heavy atom. The smallest absolute Gasteiger partial charge is 0.263 e. The molecule has 0 saturated carbocycles. The van der Waals surface area contributed by atoms with E-state index in [-0.39, 0.29) is 32.5 Å². The molecule has 1 saturated heterocycles. The van der Waals surface area contributed by atoms with Crippen molar-refractivity contribution in [3.8, 4) is 11.1 Å². The lowest BCUT2D eigenvalue weighted by Crippen LogP contribution is -2.29. The maximum Gasteiger partial charge on any atom is 0.263 e. The Morgan fingerprint density at radius 3 is 2.54 bits per heavy atom. The molecule has 35 heavy (non-hydrogen) atoms. The van der Waals surface area contributed by atoms with Crippen molar-refractivity contribution in [3.63, 3.8) is 0 Å². The number of sulfonamides is 1. The first-order chi connectivity index (χ1) is 16.8. The Balaban J connectivity index is 1.61. The number of aromatic nitrogens is 3. The van der Waals surface area contributed by atoms with Crippen LogP contribution in [-0.4, -0.2) is 36.0 Å². The number of para-hydroxylation sites is 1. The molecule has 0 amide bonds. The number of benzene rings is 2. The predicted octanol–water partition coefficient (Wildman–Crippen LogP) is 4.85. The van der Waals surface area contributed by atoms with Crippen molar-refractivity contribution in [2.24, 2.45) is 0 Å². The molecule has 1 aliphatic rings. The van der Waals surface area contributed by atoms with E-state index in [1.165, 1.54) is 30.6 Å². The number of rotatable bonds is 5. The van der Waals surface area contributed by atoms with Crippen molar-refractivity contribution in [1.82, 2.24) is 19.9 Å². The van der Waals surface area contributed by atoms with Gasteiger partial charge in [-0.2, -0.15) is 0 Å². The molecular formula is C23H21Cl2FN6O2S. The Kier molecular flexibility index (Phi) is 6.30. The van der Waals surface area contributed by atoms with Gasteiger partial charge in [-0.1, -0.05) is 41.4 Å². The zero-order valence-electron chi connectivity index (χ0n) is 18.3. The highest BCUT2D eigenvalue weighted by Crippen LogP contribution is 2.43. The predicted molar refractivity (Wildman–Crippen MR) is 136 cm³/mol. The number of nitrogens with zero attached hydrogens (tertiary/aromatic N) is 3. The van der Waals surface area contributed by atoms with Crippen molar-refractivity contribution in [2.45, 2.75) is 23.8 Å². The normalized spacial score (nSPS) is 14.9. The molecule has 0 spiro atoms. The van der Waals surface area contributed by atoms with Gasteiger partial charge >= 0.3 is 0 Å². The van der Waals surface area contributed by atoms with E-state index in [0.29, 0.717) is 22.2 Å². The van der Waals surface area contributed by atoms with Gasteiger partial charge in [-0.25, -0.2) is 22.8 Å². The molecule has 3 heterocycles. The molecule has 5 rings (SSSR count). The molecule has 0 bridgehead atoms. The number of nitrogen functional groups attached to an aromatic ring is 1. The highest BCUT2D eigenvalue weighted by atomic mass is 35.5. The van der Waals surface area contributed by atoms with Crippen LogP contribution in [0.4, 0.5) is 15.9 Å². The van der Waals surface area contributed by atoms with E-state index >= 15 is 0 Å². The molecule has 0 atom stereocenters. The highest BCUT2D eigenvalue weighted by molar-refractivity contribution is 7.92. The number of anilines is 2. The van der Waals surface area contributed by atoms with Crippen LogP contribution in [0.15, 0.2) is 53.8 Å². The molecule has 2 aromatic heterocycles. The molecule has 1 aliphatic heterocycles. The summed E-state index contributed by atoms with van der Waals surface area (Å²) in [4.78, 5) is 8.33. The average molecular weight is 535 g/mol. The van der Waals surface area contributed by atoms with E-state index in [4.69, 9.17) is 28.9 Å². The van der Waals surface area contributed by atoms with Crippen LogP contribution in [0.5, 0.6) is 0 Å². The van der Waals surface area contributed by atoms with Gasteiger partial charge in [0.15, 0.2) is 0 Å². The van der Waals surface area contributed by atoms with Gasteiger partial charge in [-0.05, 0) is 44.1 Å². The first kappa shape index (κ1) is 23.8. The number of nitrogens with two attached hydrogens (primary N) is 1. The SMILES string of the molecule is Nc1ncnc2c1c(-c1ccc(S(=O)(=O)Nc3ccccc3F)c(Cl)c1Cl)cn2C1CCNCC1. The molecule has 4 aromatic rings. The molecule has 1 fully saturated rings. The zero-order chi connectivity index (χ0) is 24.7.